The van der Waals surface area contributed by atoms with Gasteiger partial charge in [0.2, 0.25) is 0 Å². The van der Waals surface area contributed by atoms with E-state index < -0.39 is 0 Å². The number of halogens is 2. The topological polar surface area (TPSA) is 20.3 Å². The van der Waals surface area contributed by atoms with Crippen LogP contribution in [0.1, 0.15) is 33.9 Å². The minimum atomic E-state index is 0.00565. The Hall–Kier alpha value is -1.32. The van der Waals surface area contributed by atoms with Crippen LogP contribution in [0.2, 0.25) is 5.02 Å². The van der Waals surface area contributed by atoms with E-state index in [0.29, 0.717) is 10.6 Å². The van der Waals surface area contributed by atoms with Gasteiger partial charge >= 0.3 is 0 Å². The Labute approximate surface area is 137 Å². The summed E-state index contributed by atoms with van der Waals surface area (Å²) in [6, 6.07) is 13.8. The van der Waals surface area contributed by atoms with E-state index in [1.807, 2.05) is 24.1 Å². The molecule has 21 heavy (non-hydrogen) atoms. The van der Waals surface area contributed by atoms with Gasteiger partial charge in [0.25, 0.3) is 5.91 Å². The van der Waals surface area contributed by atoms with Crippen molar-refractivity contribution in [2.75, 3.05) is 7.05 Å². The first-order chi connectivity index (χ1) is 10.1. The Morgan fingerprint density at radius 1 is 1.29 bits per heavy atom. The molecule has 0 fully saturated rings. The second-order valence-electron chi connectivity index (χ2n) is 5.30. The Bertz CT molecular complexity index is 701. The van der Waals surface area contributed by atoms with Crippen molar-refractivity contribution in [3.8, 4) is 0 Å². The first kappa shape index (κ1) is 14.6. The summed E-state index contributed by atoms with van der Waals surface area (Å²) >= 11 is 9.43. The summed E-state index contributed by atoms with van der Waals surface area (Å²) in [6.45, 7) is 0. The van der Waals surface area contributed by atoms with Gasteiger partial charge in [0.15, 0.2) is 0 Å². The monoisotopic (exact) mass is 363 g/mol. The number of hydrogen-bond donors (Lipinski definition) is 0. The van der Waals surface area contributed by atoms with E-state index in [1.165, 1.54) is 11.1 Å². The highest BCUT2D eigenvalue weighted by Crippen LogP contribution is 2.35. The van der Waals surface area contributed by atoms with Gasteiger partial charge in [-0.1, -0.05) is 35.9 Å². The number of aryl methyl sites for hydroxylation is 1. The third kappa shape index (κ3) is 2.72. The number of rotatable bonds is 2. The number of hydrogen-bond acceptors (Lipinski definition) is 1. The van der Waals surface area contributed by atoms with Crippen LogP contribution in [0.4, 0.5) is 0 Å². The van der Waals surface area contributed by atoms with Crippen molar-refractivity contribution in [1.82, 2.24) is 4.90 Å². The zero-order valence-electron chi connectivity index (χ0n) is 11.6. The van der Waals surface area contributed by atoms with Gasteiger partial charge in [0.05, 0.1) is 11.1 Å². The van der Waals surface area contributed by atoms with Gasteiger partial charge in [0.1, 0.15) is 0 Å². The van der Waals surface area contributed by atoms with Crippen molar-refractivity contribution in [3.63, 3.8) is 0 Å². The molecule has 0 saturated carbocycles. The van der Waals surface area contributed by atoms with Gasteiger partial charge in [-0.05, 0) is 58.1 Å². The summed E-state index contributed by atoms with van der Waals surface area (Å²) in [5, 5.41) is 0.557. The molecule has 108 valence electrons. The van der Waals surface area contributed by atoms with Crippen molar-refractivity contribution in [3.05, 3.63) is 68.7 Å². The summed E-state index contributed by atoms with van der Waals surface area (Å²) in [5.41, 5.74) is 3.22. The van der Waals surface area contributed by atoms with Crippen molar-refractivity contribution in [2.24, 2.45) is 0 Å². The molecule has 4 heteroatoms. The van der Waals surface area contributed by atoms with Gasteiger partial charge < -0.3 is 4.90 Å². The van der Waals surface area contributed by atoms with Crippen LogP contribution < -0.4 is 0 Å². The Morgan fingerprint density at radius 2 is 2.05 bits per heavy atom. The van der Waals surface area contributed by atoms with Crippen LogP contribution in [0.5, 0.6) is 0 Å². The zero-order chi connectivity index (χ0) is 15.0. The lowest BCUT2D eigenvalue weighted by Crippen LogP contribution is -2.30. The standard InChI is InChI=1S/C17H15BrClNO/c1-20(16-9-7-11-4-2-3-5-13(11)16)17(21)12-6-8-14(18)15(19)10-12/h2-6,8,10,16H,7,9H2,1H3. The number of nitrogens with zero attached hydrogens (tertiary/aromatic N) is 1. The van der Waals surface area contributed by atoms with Crippen LogP contribution in [-0.4, -0.2) is 17.9 Å². The minimum Gasteiger partial charge on any atom is -0.335 e. The predicted octanol–water partition coefficient (Wildman–Crippen LogP) is 4.86. The number of carbonyl (C=O) groups excluding carboxylic acids is 1. The van der Waals surface area contributed by atoms with Crippen LogP contribution in [0.3, 0.4) is 0 Å². The smallest absolute Gasteiger partial charge is 0.254 e. The second-order valence-corrected chi connectivity index (χ2v) is 6.56. The molecule has 1 atom stereocenters. The molecule has 0 heterocycles. The number of carbonyl (C=O) groups is 1. The molecule has 0 N–H and O–H groups in total. The molecule has 0 aliphatic heterocycles. The maximum Gasteiger partial charge on any atom is 0.254 e. The van der Waals surface area contributed by atoms with Crippen LogP contribution in [0, 0.1) is 0 Å². The molecule has 0 spiro atoms. The Morgan fingerprint density at radius 3 is 2.81 bits per heavy atom. The van der Waals surface area contributed by atoms with Gasteiger partial charge in [0, 0.05) is 17.1 Å². The molecule has 1 aliphatic rings. The summed E-state index contributed by atoms with van der Waals surface area (Å²) in [5.74, 6) is 0.00565. The molecule has 1 amide bonds. The Balaban J connectivity index is 1.87. The lowest BCUT2D eigenvalue weighted by molar-refractivity contribution is 0.0730. The maximum atomic E-state index is 12.7. The van der Waals surface area contributed by atoms with E-state index in [2.05, 4.69) is 34.1 Å². The van der Waals surface area contributed by atoms with Crippen molar-refractivity contribution >= 4 is 33.4 Å². The first-order valence-corrected chi connectivity index (χ1v) is 8.05. The average molecular weight is 365 g/mol. The molecule has 2 nitrogen and oxygen atoms in total. The number of benzene rings is 2. The van der Waals surface area contributed by atoms with E-state index in [0.717, 1.165) is 17.3 Å². The van der Waals surface area contributed by atoms with Crippen LogP contribution in [0.15, 0.2) is 46.9 Å². The maximum absolute atomic E-state index is 12.7. The van der Waals surface area contributed by atoms with Crippen molar-refractivity contribution < 1.29 is 4.79 Å². The summed E-state index contributed by atoms with van der Waals surface area (Å²) in [7, 11) is 1.87. The van der Waals surface area contributed by atoms with Crippen LogP contribution >= 0.6 is 27.5 Å². The van der Waals surface area contributed by atoms with E-state index in [9.17, 15) is 4.79 Å². The second kappa shape index (κ2) is 5.82. The van der Waals surface area contributed by atoms with E-state index in [4.69, 9.17) is 11.6 Å². The Kier molecular flexibility index (Phi) is 4.05. The average Bonchev–Trinajstić information content (AvgIpc) is 2.92. The zero-order valence-corrected chi connectivity index (χ0v) is 14.0. The van der Waals surface area contributed by atoms with Gasteiger partial charge in [-0.15, -0.1) is 0 Å². The fraction of sp³-hybridized carbons (Fsp3) is 0.235. The molecule has 3 rings (SSSR count). The molecule has 0 aromatic heterocycles. The van der Waals surface area contributed by atoms with Crippen LogP contribution in [-0.2, 0) is 6.42 Å². The fourth-order valence-electron chi connectivity index (χ4n) is 2.91. The molecule has 0 saturated heterocycles. The lowest BCUT2D eigenvalue weighted by Gasteiger charge is -2.25. The van der Waals surface area contributed by atoms with E-state index >= 15 is 0 Å². The molecule has 2 aromatic carbocycles. The van der Waals surface area contributed by atoms with Crippen molar-refractivity contribution in [2.45, 2.75) is 18.9 Å². The highest BCUT2D eigenvalue weighted by atomic mass is 79.9. The lowest BCUT2D eigenvalue weighted by atomic mass is 10.1. The molecule has 0 bridgehead atoms. The van der Waals surface area contributed by atoms with Gasteiger partial charge in [-0.3, -0.25) is 4.79 Å². The quantitative estimate of drug-likeness (QED) is 0.745. The summed E-state index contributed by atoms with van der Waals surface area (Å²) in [4.78, 5) is 14.5. The largest absolute Gasteiger partial charge is 0.335 e. The minimum absolute atomic E-state index is 0.00565. The third-order valence-electron chi connectivity index (χ3n) is 4.06. The molecule has 1 unspecified atom stereocenters. The van der Waals surface area contributed by atoms with Crippen LogP contribution in [0.25, 0.3) is 0 Å². The van der Waals surface area contributed by atoms with Crippen molar-refractivity contribution in [1.29, 1.82) is 0 Å². The molecule has 2 aromatic rings. The fourth-order valence-corrected chi connectivity index (χ4v) is 3.34. The molecule has 1 aliphatic carbocycles. The van der Waals surface area contributed by atoms with Gasteiger partial charge in [-0.2, -0.15) is 0 Å². The highest BCUT2D eigenvalue weighted by molar-refractivity contribution is 9.10. The first-order valence-electron chi connectivity index (χ1n) is 6.88. The molecule has 0 radical (unpaired) electrons. The van der Waals surface area contributed by atoms with E-state index in [-0.39, 0.29) is 11.9 Å². The number of fused-ring (bicyclic) bond motifs is 1. The van der Waals surface area contributed by atoms with E-state index in [1.54, 1.807) is 12.1 Å². The SMILES string of the molecule is CN(C(=O)c1ccc(Br)c(Cl)c1)C1CCc2ccccc21. The summed E-state index contributed by atoms with van der Waals surface area (Å²) < 4.78 is 0.801. The molecular weight excluding hydrogens is 350 g/mol. The van der Waals surface area contributed by atoms with Gasteiger partial charge in [-0.25, -0.2) is 0 Å². The predicted molar refractivity (Wildman–Crippen MR) is 88.7 cm³/mol. The number of amides is 1. The normalized spacial score (nSPS) is 16.6. The third-order valence-corrected chi connectivity index (χ3v) is 5.29. The molecular formula is C17H15BrClNO. The summed E-state index contributed by atoms with van der Waals surface area (Å²) in [6.07, 6.45) is 2.01. The highest BCUT2D eigenvalue weighted by Gasteiger charge is 2.28.